The number of fused-ring (bicyclic) bond motifs is 1. The van der Waals surface area contributed by atoms with Gasteiger partial charge in [0.2, 0.25) is 0 Å². The Bertz CT molecular complexity index is 713. The minimum absolute atomic E-state index is 0.261. The van der Waals surface area contributed by atoms with Crippen LogP contribution in [0.5, 0.6) is 0 Å². The van der Waals surface area contributed by atoms with Crippen molar-refractivity contribution in [3.8, 4) is 11.4 Å². The van der Waals surface area contributed by atoms with Gasteiger partial charge in [-0.05, 0) is 47.0 Å². The van der Waals surface area contributed by atoms with Crippen LogP contribution < -0.4 is 5.32 Å². The highest BCUT2D eigenvalue weighted by atomic mass is 79.9. The van der Waals surface area contributed by atoms with Crippen molar-refractivity contribution in [2.24, 2.45) is 0 Å². The van der Waals surface area contributed by atoms with Gasteiger partial charge in [0, 0.05) is 36.6 Å². The van der Waals surface area contributed by atoms with Crippen LogP contribution in [0.1, 0.15) is 35.7 Å². The van der Waals surface area contributed by atoms with E-state index < -0.39 is 0 Å². The monoisotopic (exact) mass is 347 g/mol. The van der Waals surface area contributed by atoms with Crippen LogP contribution in [0.2, 0.25) is 0 Å². The van der Waals surface area contributed by atoms with E-state index in [0.29, 0.717) is 10.4 Å². The molecule has 5 heteroatoms. The highest BCUT2D eigenvalue weighted by Gasteiger charge is 2.30. The molecular formula is C16H15BrFN3. The Balaban J connectivity index is 1.85. The van der Waals surface area contributed by atoms with Gasteiger partial charge in [0.15, 0.2) is 5.82 Å². The van der Waals surface area contributed by atoms with Crippen LogP contribution in [0.3, 0.4) is 0 Å². The standard InChI is InChI=1S/C16H15BrFN3/c17-12-7-10(3-4-13(12)18)16-20-14-5-6-19-8-11(14)15(21-16)9-1-2-9/h3-4,7,9,19H,1-2,5-6,8H2. The molecule has 0 amide bonds. The van der Waals surface area contributed by atoms with Gasteiger partial charge in [-0.25, -0.2) is 14.4 Å². The van der Waals surface area contributed by atoms with E-state index in [0.717, 1.165) is 36.6 Å². The summed E-state index contributed by atoms with van der Waals surface area (Å²) in [5.41, 5.74) is 4.50. The van der Waals surface area contributed by atoms with Gasteiger partial charge in [-0.3, -0.25) is 0 Å². The second-order valence-corrected chi connectivity index (χ2v) is 6.54. The van der Waals surface area contributed by atoms with E-state index in [4.69, 9.17) is 9.97 Å². The fraction of sp³-hybridized carbons (Fsp3) is 0.375. The van der Waals surface area contributed by atoms with Gasteiger partial charge in [-0.1, -0.05) is 0 Å². The first-order valence-electron chi connectivity index (χ1n) is 7.28. The van der Waals surface area contributed by atoms with Crippen molar-refractivity contribution in [1.82, 2.24) is 15.3 Å². The van der Waals surface area contributed by atoms with E-state index in [1.54, 1.807) is 12.1 Å². The molecule has 0 atom stereocenters. The van der Waals surface area contributed by atoms with Gasteiger partial charge >= 0.3 is 0 Å². The smallest absolute Gasteiger partial charge is 0.159 e. The number of rotatable bonds is 2. The lowest BCUT2D eigenvalue weighted by atomic mass is 10.0. The third-order valence-electron chi connectivity index (χ3n) is 4.11. The van der Waals surface area contributed by atoms with Crippen molar-refractivity contribution in [2.45, 2.75) is 31.7 Å². The van der Waals surface area contributed by atoms with Gasteiger partial charge < -0.3 is 5.32 Å². The molecule has 108 valence electrons. The van der Waals surface area contributed by atoms with Gasteiger partial charge in [-0.2, -0.15) is 0 Å². The SMILES string of the molecule is Fc1ccc(-c2nc3c(c(C4CC4)n2)CNCC3)cc1Br. The molecule has 1 aromatic heterocycles. The van der Waals surface area contributed by atoms with Crippen LogP contribution in [-0.4, -0.2) is 16.5 Å². The summed E-state index contributed by atoms with van der Waals surface area (Å²) in [6, 6.07) is 4.97. The molecule has 1 aliphatic heterocycles. The molecule has 1 saturated carbocycles. The van der Waals surface area contributed by atoms with Gasteiger partial charge in [0.05, 0.1) is 15.9 Å². The van der Waals surface area contributed by atoms with Gasteiger partial charge in [0.25, 0.3) is 0 Å². The number of hydrogen-bond donors (Lipinski definition) is 1. The zero-order valence-electron chi connectivity index (χ0n) is 11.5. The van der Waals surface area contributed by atoms with E-state index >= 15 is 0 Å². The molecule has 0 unspecified atom stereocenters. The molecule has 3 nitrogen and oxygen atoms in total. The largest absolute Gasteiger partial charge is 0.312 e. The molecule has 0 saturated heterocycles. The van der Waals surface area contributed by atoms with Crippen molar-refractivity contribution in [3.63, 3.8) is 0 Å². The molecule has 4 rings (SSSR count). The molecule has 0 radical (unpaired) electrons. The zero-order chi connectivity index (χ0) is 14.4. The minimum atomic E-state index is -0.261. The highest BCUT2D eigenvalue weighted by molar-refractivity contribution is 9.10. The van der Waals surface area contributed by atoms with E-state index in [2.05, 4.69) is 21.2 Å². The number of nitrogens with one attached hydrogen (secondary N) is 1. The summed E-state index contributed by atoms with van der Waals surface area (Å²) in [5.74, 6) is 1.05. The molecule has 2 heterocycles. The summed E-state index contributed by atoms with van der Waals surface area (Å²) in [7, 11) is 0. The molecule has 2 aliphatic rings. The fourth-order valence-corrected chi connectivity index (χ4v) is 3.21. The molecule has 0 spiro atoms. The Labute approximate surface area is 131 Å². The summed E-state index contributed by atoms with van der Waals surface area (Å²) in [4.78, 5) is 9.53. The predicted octanol–water partition coefficient (Wildman–Crippen LogP) is 3.57. The Morgan fingerprint density at radius 3 is 2.86 bits per heavy atom. The lowest BCUT2D eigenvalue weighted by molar-refractivity contribution is 0.616. The van der Waals surface area contributed by atoms with Crippen LogP contribution in [0.4, 0.5) is 4.39 Å². The first-order valence-corrected chi connectivity index (χ1v) is 8.07. The number of hydrogen-bond acceptors (Lipinski definition) is 3. The maximum Gasteiger partial charge on any atom is 0.159 e. The van der Waals surface area contributed by atoms with Crippen LogP contribution in [0.25, 0.3) is 11.4 Å². The third kappa shape index (κ3) is 2.49. The van der Waals surface area contributed by atoms with Crippen molar-refractivity contribution in [3.05, 3.63) is 45.4 Å². The van der Waals surface area contributed by atoms with Crippen molar-refractivity contribution < 1.29 is 4.39 Å². The fourth-order valence-electron chi connectivity index (χ4n) is 2.83. The summed E-state index contributed by atoms with van der Waals surface area (Å²) < 4.78 is 13.9. The lowest BCUT2D eigenvalue weighted by Gasteiger charge is -2.20. The molecule has 2 aromatic rings. The summed E-state index contributed by atoms with van der Waals surface area (Å²) >= 11 is 3.24. The van der Waals surface area contributed by atoms with E-state index in [9.17, 15) is 4.39 Å². The topological polar surface area (TPSA) is 37.8 Å². The van der Waals surface area contributed by atoms with E-state index in [1.165, 1.54) is 30.2 Å². The average molecular weight is 348 g/mol. The Kier molecular flexibility index (Phi) is 3.27. The molecule has 1 N–H and O–H groups in total. The highest BCUT2D eigenvalue weighted by Crippen LogP contribution is 2.42. The normalized spacial score (nSPS) is 17.6. The quantitative estimate of drug-likeness (QED) is 0.902. The van der Waals surface area contributed by atoms with Crippen LogP contribution in [-0.2, 0) is 13.0 Å². The number of aromatic nitrogens is 2. The summed E-state index contributed by atoms with van der Waals surface area (Å²) in [6.07, 6.45) is 3.37. The molecule has 0 bridgehead atoms. The number of nitrogens with zero attached hydrogens (tertiary/aromatic N) is 2. The van der Waals surface area contributed by atoms with Crippen LogP contribution in [0, 0.1) is 5.82 Å². The minimum Gasteiger partial charge on any atom is -0.312 e. The molecular weight excluding hydrogens is 333 g/mol. The van der Waals surface area contributed by atoms with E-state index in [-0.39, 0.29) is 5.82 Å². The second kappa shape index (κ2) is 5.14. The molecule has 1 fully saturated rings. The summed E-state index contributed by atoms with van der Waals surface area (Å²) in [5, 5.41) is 3.40. The Morgan fingerprint density at radius 2 is 2.10 bits per heavy atom. The van der Waals surface area contributed by atoms with Crippen LogP contribution >= 0.6 is 15.9 Å². The van der Waals surface area contributed by atoms with Crippen molar-refractivity contribution in [1.29, 1.82) is 0 Å². The number of benzene rings is 1. The first kappa shape index (κ1) is 13.3. The Morgan fingerprint density at radius 1 is 1.24 bits per heavy atom. The van der Waals surface area contributed by atoms with Gasteiger partial charge in [0.1, 0.15) is 5.82 Å². The predicted molar refractivity (Wildman–Crippen MR) is 82.5 cm³/mol. The average Bonchev–Trinajstić information content (AvgIpc) is 3.33. The maximum atomic E-state index is 13.4. The van der Waals surface area contributed by atoms with E-state index in [1.807, 2.05) is 0 Å². The third-order valence-corrected chi connectivity index (χ3v) is 4.71. The molecule has 21 heavy (non-hydrogen) atoms. The van der Waals surface area contributed by atoms with Gasteiger partial charge in [-0.15, -0.1) is 0 Å². The maximum absolute atomic E-state index is 13.4. The molecule has 1 aromatic carbocycles. The first-order chi connectivity index (χ1) is 10.2. The van der Waals surface area contributed by atoms with Crippen molar-refractivity contribution >= 4 is 15.9 Å². The number of halogens is 2. The summed E-state index contributed by atoms with van der Waals surface area (Å²) in [6.45, 7) is 1.83. The van der Waals surface area contributed by atoms with Crippen molar-refractivity contribution in [2.75, 3.05) is 6.54 Å². The van der Waals surface area contributed by atoms with Crippen LogP contribution in [0.15, 0.2) is 22.7 Å². The second-order valence-electron chi connectivity index (χ2n) is 5.69. The zero-order valence-corrected chi connectivity index (χ0v) is 13.1. The lowest BCUT2D eigenvalue weighted by Crippen LogP contribution is -2.26. The molecule has 1 aliphatic carbocycles. The Hall–Kier alpha value is -1.33.